The molecule has 0 aliphatic heterocycles. The molecule has 0 spiro atoms. The highest BCUT2D eigenvalue weighted by Gasteiger charge is 2.43. The van der Waals surface area contributed by atoms with Crippen LogP contribution in [0.4, 0.5) is 10.2 Å². The van der Waals surface area contributed by atoms with E-state index in [-0.39, 0.29) is 18.7 Å². The van der Waals surface area contributed by atoms with E-state index in [1.165, 1.54) is 12.3 Å². The van der Waals surface area contributed by atoms with Crippen molar-refractivity contribution in [2.24, 2.45) is 11.8 Å². The number of nitrogens with one attached hydrogen (secondary N) is 1. The van der Waals surface area contributed by atoms with E-state index in [0.29, 0.717) is 5.02 Å². The summed E-state index contributed by atoms with van der Waals surface area (Å²) in [5.74, 6) is -3.26. The number of nitrogens with zero attached hydrogens (tertiary/aromatic N) is 1. The number of amides is 1. The second kappa shape index (κ2) is 5.52. The van der Waals surface area contributed by atoms with Crippen LogP contribution in [-0.4, -0.2) is 28.1 Å². The fourth-order valence-corrected chi connectivity index (χ4v) is 2.32. The van der Waals surface area contributed by atoms with E-state index < -0.39 is 29.9 Å². The lowest BCUT2D eigenvalue weighted by Crippen LogP contribution is -2.30. The predicted octanol–water partition coefficient (Wildman–Crippen LogP) is 2.12. The number of rotatable bonds is 3. The van der Waals surface area contributed by atoms with Crippen LogP contribution in [0.3, 0.4) is 0 Å². The summed E-state index contributed by atoms with van der Waals surface area (Å²) in [6, 6.07) is 3.04. The van der Waals surface area contributed by atoms with Gasteiger partial charge in [-0.3, -0.25) is 9.59 Å². The Kier molecular flexibility index (Phi) is 3.99. The van der Waals surface area contributed by atoms with E-state index in [0.717, 1.165) is 0 Å². The summed E-state index contributed by atoms with van der Waals surface area (Å²) < 4.78 is 13.3. The number of pyridine rings is 1. The van der Waals surface area contributed by atoms with Crippen LogP contribution in [-0.2, 0) is 9.59 Å². The van der Waals surface area contributed by atoms with E-state index in [2.05, 4.69) is 10.3 Å². The molecule has 1 aliphatic rings. The number of carboxylic acid groups (broad SMARTS) is 1. The smallest absolute Gasteiger partial charge is 0.307 e. The molecule has 7 heteroatoms. The number of carbonyl (C=O) groups is 2. The molecule has 2 N–H and O–H groups in total. The lowest BCUT2D eigenvalue weighted by atomic mass is 9.95. The first-order valence-corrected chi connectivity index (χ1v) is 6.14. The first-order chi connectivity index (χ1) is 8.97. The minimum Gasteiger partial charge on any atom is -0.481 e. The van der Waals surface area contributed by atoms with Gasteiger partial charge in [0.05, 0.1) is 16.9 Å². The van der Waals surface area contributed by atoms with Crippen LogP contribution < -0.4 is 5.32 Å². The van der Waals surface area contributed by atoms with E-state index in [4.69, 9.17) is 16.7 Å². The molecule has 1 aromatic rings. The average Bonchev–Trinajstić information content (AvgIpc) is 2.74. The average molecular weight is 287 g/mol. The van der Waals surface area contributed by atoms with Crippen molar-refractivity contribution >= 4 is 29.3 Å². The first-order valence-electron chi connectivity index (χ1n) is 5.76. The molecule has 0 bridgehead atoms. The van der Waals surface area contributed by atoms with Crippen LogP contribution in [0.15, 0.2) is 18.3 Å². The van der Waals surface area contributed by atoms with Gasteiger partial charge in [0, 0.05) is 6.20 Å². The van der Waals surface area contributed by atoms with Gasteiger partial charge in [-0.2, -0.15) is 0 Å². The fourth-order valence-electron chi connectivity index (χ4n) is 2.21. The Morgan fingerprint density at radius 1 is 1.37 bits per heavy atom. The maximum atomic E-state index is 13.3. The van der Waals surface area contributed by atoms with Crippen LogP contribution in [0.1, 0.15) is 12.8 Å². The number of anilines is 1. The number of carbonyl (C=O) groups excluding carboxylic acids is 1. The number of alkyl halides is 1. The van der Waals surface area contributed by atoms with Gasteiger partial charge in [0.15, 0.2) is 0 Å². The van der Waals surface area contributed by atoms with Crippen molar-refractivity contribution < 1.29 is 19.1 Å². The quantitative estimate of drug-likeness (QED) is 0.892. The molecule has 1 fully saturated rings. The Morgan fingerprint density at radius 3 is 2.63 bits per heavy atom. The SMILES string of the molecule is O=C(O)[C@H]1C[C@@H](F)C[C@@H]1C(=O)Nc1ccc(Cl)cn1. The Hall–Kier alpha value is -1.69. The maximum Gasteiger partial charge on any atom is 0.307 e. The molecule has 1 amide bonds. The molecule has 19 heavy (non-hydrogen) atoms. The van der Waals surface area contributed by atoms with Gasteiger partial charge in [0.1, 0.15) is 12.0 Å². The second-order valence-corrected chi connectivity index (χ2v) is 4.91. The van der Waals surface area contributed by atoms with E-state index in [1.54, 1.807) is 6.07 Å². The molecule has 0 radical (unpaired) electrons. The van der Waals surface area contributed by atoms with Crippen LogP contribution in [0.2, 0.25) is 5.02 Å². The minimum absolute atomic E-state index is 0.0730. The summed E-state index contributed by atoms with van der Waals surface area (Å²) in [7, 11) is 0. The minimum atomic E-state index is -1.25. The van der Waals surface area contributed by atoms with Gasteiger partial charge in [0.25, 0.3) is 0 Å². The summed E-state index contributed by atoms with van der Waals surface area (Å²) in [5, 5.41) is 11.9. The molecule has 5 nitrogen and oxygen atoms in total. The van der Waals surface area contributed by atoms with Gasteiger partial charge in [-0.25, -0.2) is 9.37 Å². The van der Waals surface area contributed by atoms with Gasteiger partial charge < -0.3 is 10.4 Å². The zero-order valence-electron chi connectivity index (χ0n) is 9.85. The van der Waals surface area contributed by atoms with E-state index in [1.807, 2.05) is 0 Å². The summed E-state index contributed by atoms with van der Waals surface area (Å²) in [5.41, 5.74) is 0. The molecule has 102 valence electrons. The molecule has 0 aromatic carbocycles. The highest BCUT2D eigenvalue weighted by molar-refractivity contribution is 6.30. The van der Waals surface area contributed by atoms with Crippen LogP contribution in [0.25, 0.3) is 0 Å². The van der Waals surface area contributed by atoms with E-state index >= 15 is 0 Å². The Labute approximate surface area is 113 Å². The Bertz CT molecular complexity index is 494. The third kappa shape index (κ3) is 3.20. The molecule has 0 saturated heterocycles. The molecular formula is C12H12ClFN2O3. The van der Waals surface area contributed by atoms with Gasteiger partial charge in [-0.1, -0.05) is 11.6 Å². The monoisotopic (exact) mass is 286 g/mol. The van der Waals surface area contributed by atoms with Gasteiger partial charge in [0.2, 0.25) is 5.91 Å². The van der Waals surface area contributed by atoms with Crippen LogP contribution in [0.5, 0.6) is 0 Å². The van der Waals surface area contributed by atoms with Crippen molar-refractivity contribution in [3.8, 4) is 0 Å². The number of hydrogen-bond acceptors (Lipinski definition) is 3. The standard InChI is InChI=1S/C12H12ClFN2O3/c13-6-1-2-10(15-5-6)16-11(17)8-3-7(14)4-9(8)12(18)19/h1-2,5,7-9H,3-4H2,(H,18,19)(H,15,16,17)/t7-,8-,9-/m0/s1. The third-order valence-electron chi connectivity index (χ3n) is 3.14. The van der Waals surface area contributed by atoms with Crippen molar-refractivity contribution in [1.29, 1.82) is 0 Å². The molecule has 2 rings (SSSR count). The molecule has 1 saturated carbocycles. The largest absolute Gasteiger partial charge is 0.481 e. The topological polar surface area (TPSA) is 79.3 Å². The highest BCUT2D eigenvalue weighted by Crippen LogP contribution is 2.35. The third-order valence-corrected chi connectivity index (χ3v) is 3.36. The molecule has 1 aliphatic carbocycles. The van der Waals surface area contributed by atoms with Crippen molar-refractivity contribution in [1.82, 2.24) is 4.98 Å². The van der Waals surface area contributed by atoms with E-state index in [9.17, 15) is 14.0 Å². The first kappa shape index (κ1) is 13.7. The molecule has 0 unspecified atom stereocenters. The van der Waals surface area contributed by atoms with Crippen molar-refractivity contribution in [2.75, 3.05) is 5.32 Å². The zero-order chi connectivity index (χ0) is 14.0. The lowest BCUT2D eigenvalue weighted by molar-refractivity contribution is -0.145. The van der Waals surface area contributed by atoms with Crippen LogP contribution >= 0.6 is 11.6 Å². The Morgan fingerprint density at radius 2 is 2.05 bits per heavy atom. The summed E-state index contributed by atoms with van der Waals surface area (Å²) in [6.45, 7) is 0. The zero-order valence-corrected chi connectivity index (χ0v) is 10.6. The number of halogens is 2. The van der Waals surface area contributed by atoms with Crippen molar-refractivity contribution in [3.63, 3.8) is 0 Å². The Balaban J connectivity index is 2.06. The van der Waals surface area contributed by atoms with Gasteiger partial charge in [-0.15, -0.1) is 0 Å². The van der Waals surface area contributed by atoms with Crippen LogP contribution in [0, 0.1) is 11.8 Å². The number of aliphatic carboxylic acids is 1. The fraction of sp³-hybridized carbons (Fsp3) is 0.417. The lowest BCUT2D eigenvalue weighted by Gasteiger charge is -2.14. The number of aromatic nitrogens is 1. The number of carboxylic acids is 1. The maximum absolute atomic E-state index is 13.3. The number of hydrogen-bond donors (Lipinski definition) is 2. The molecule has 1 aromatic heterocycles. The van der Waals surface area contributed by atoms with Gasteiger partial charge >= 0.3 is 5.97 Å². The van der Waals surface area contributed by atoms with Crippen molar-refractivity contribution in [2.45, 2.75) is 19.0 Å². The van der Waals surface area contributed by atoms with Gasteiger partial charge in [-0.05, 0) is 25.0 Å². The van der Waals surface area contributed by atoms with Crippen molar-refractivity contribution in [3.05, 3.63) is 23.4 Å². The molecular weight excluding hydrogens is 275 g/mol. The predicted molar refractivity (Wildman–Crippen MR) is 66.6 cm³/mol. The highest BCUT2D eigenvalue weighted by atomic mass is 35.5. The molecule has 3 atom stereocenters. The summed E-state index contributed by atoms with van der Waals surface area (Å²) in [4.78, 5) is 26.8. The second-order valence-electron chi connectivity index (χ2n) is 4.47. The normalized spacial score (nSPS) is 26.1. The molecule has 1 heterocycles. The summed E-state index contributed by atoms with van der Waals surface area (Å²) >= 11 is 5.66. The summed E-state index contributed by atoms with van der Waals surface area (Å²) in [6.07, 6.45) is -0.0916.